The number of nitrogens with zero attached hydrogens (tertiary/aromatic N) is 3. The number of hydrogen-bond acceptors (Lipinski definition) is 4. The molecule has 0 saturated carbocycles. The smallest absolute Gasteiger partial charge is 0.338 e. The first-order valence-corrected chi connectivity index (χ1v) is 15.2. The summed E-state index contributed by atoms with van der Waals surface area (Å²) in [6.07, 6.45) is -9.60. The molecule has 0 aromatic heterocycles. The molecule has 2 amide bonds. The Kier molecular flexibility index (Phi) is 9.78. The molecule has 2 heterocycles. The Hall–Kier alpha value is -3.90. The fraction of sp³-hybridized carbons (Fsp3) is 0.412. The molecular formula is C34H36F6N4O2. The molecule has 0 unspecified atom stereocenters. The summed E-state index contributed by atoms with van der Waals surface area (Å²) in [5.41, 5.74) is 0.0626. The number of alkyl halides is 6. The maximum Gasteiger partial charge on any atom is 0.416 e. The summed E-state index contributed by atoms with van der Waals surface area (Å²) in [7, 11) is 0. The van der Waals surface area contributed by atoms with Crippen LogP contribution >= 0.6 is 0 Å². The number of piperazine rings is 1. The highest BCUT2D eigenvalue weighted by Gasteiger charge is 2.40. The lowest BCUT2D eigenvalue weighted by Crippen LogP contribution is -2.57. The van der Waals surface area contributed by atoms with Gasteiger partial charge in [0.25, 0.3) is 5.91 Å². The van der Waals surface area contributed by atoms with Crippen molar-refractivity contribution in [3.05, 3.63) is 100 Å². The summed E-state index contributed by atoms with van der Waals surface area (Å²) >= 11 is 0. The lowest BCUT2D eigenvalue weighted by atomic mass is 9.84. The zero-order chi connectivity index (χ0) is 33.2. The van der Waals surface area contributed by atoms with Crippen molar-refractivity contribution in [1.82, 2.24) is 14.7 Å². The fourth-order valence-corrected chi connectivity index (χ4v) is 6.50. The molecule has 3 aromatic rings. The number of carbonyl (C=O) groups is 2. The zero-order valence-electron chi connectivity index (χ0n) is 25.6. The van der Waals surface area contributed by atoms with Crippen LogP contribution in [0.25, 0.3) is 0 Å². The summed E-state index contributed by atoms with van der Waals surface area (Å²) in [5, 5.41) is 3.02. The minimum atomic E-state index is -5.04. The number of carbonyl (C=O) groups excluding carboxylic acids is 2. The molecule has 2 saturated heterocycles. The summed E-state index contributed by atoms with van der Waals surface area (Å²) in [6.45, 7) is 7.09. The number of piperidine rings is 1. The third-order valence-electron chi connectivity index (χ3n) is 8.91. The van der Waals surface area contributed by atoms with Gasteiger partial charge in [0.1, 0.15) is 0 Å². The van der Waals surface area contributed by atoms with Gasteiger partial charge in [0.05, 0.1) is 17.7 Å². The second-order valence-corrected chi connectivity index (χ2v) is 12.0. The van der Waals surface area contributed by atoms with Crippen molar-refractivity contribution >= 4 is 17.5 Å². The van der Waals surface area contributed by atoms with Crippen LogP contribution in [0.2, 0.25) is 0 Å². The van der Waals surface area contributed by atoms with Gasteiger partial charge in [0.15, 0.2) is 0 Å². The van der Waals surface area contributed by atoms with Gasteiger partial charge in [0, 0.05) is 62.5 Å². The molecule has 5 rings (SSSR count). The Morgan fingerprint density at radius 1 is 0.783 bits per heavy atom. The predicted octanol–water partition coefficient (Wildman–Crippen LogP) is 6.60. The van der Waals surface area contributed by atoms with Crippen LogP contribution in [0.3, 0.4) is 0 Å². The molecular weight excluding hydrogens is 610 g/mol. The normalized spacial score (nSPS) is 20.0. The number of rotatable bonds is 6. The van der Waals surface area contributed by atoms with Gasteiger partial charge < -0.3 is 10.2 Å². The van der Waals surface area contributed by atoms with Crippen molar-refractivity contribution in [2.24, 2.45) is 0 Å². The number of para-hydroxylation sites is 1. The Bertz CT molecular complexity index is 1500. The Balaban J connectivity index is 1.28. The highest BCUT2D eigenvalue weighted by molar-refractivity contribution is 5.95. The molecule has 246 valence electrons. The second-order valence-electron chi connectivity index (χ2n) is 12.0. The molecule has 6 nitrogen and oxygen atoms in total. The van der Waals surface area contributed by atoms with E-state index in [1.807, 2.05) is 62.4 Å². The number of halogens is 6. The number of nitrogens with one attached hydrogen (secondary N) is 1. The van der Waals surface area contributed by atoms with E-state index in [2.05, 4.69) is 15.1 Å². The molecule has 0 spiro atoms. The summed E-state index contributed by atoms with van der Waals surface area (Å²) in [4.78, 5) is 32.1. The molecule has 3 aromatic carbocycles. The first kappa shape index (κ1) is 33.5. The van der Waals surface area contributed by atoms with E-state index in [4.69, 9.17) is 0 Å². The molecule has 0 aliphatic carbocycles. The van der Waals surface area contributed by atoms with Gasteiger partial charge in [-0.05, 0) is 55.2 Å². The monoisotopic (exact) mass is 646 g/mol. The highest BCUT2D eigenvalue weighted by Crippen LogP contribution is 2.38. The molecule has 2 aliphatic rings. The van der Waals surface area contributed by atoms with Crippen LogP contribution in [0.4, 0.5) is 32.0 Å². The van der Waals surface area contributed by atoms with Gasteiger partial charge in [-0.25, -0.2) is 0 Å². The van der Waals surface area contributed by atoms with Crippen molar-refractivity contribution in [3.8, 4) is 0 Å². The molecule has 46 heavy (non-hydrogen) atoms. The topological polar surface area (TPSA) is 55.9 Å². The van der Waals surface area contributed by atoms with Crippen molar-refractivity contribution < 1.29 is 35.9 Å². The number of hydrogen-bond donors (Lipinski definition) is 1. The first-order valence-electron chi connectivity index (χ1n) is 15.2. The quantitative estimate of drug-likeness (QED) is 0.307. The average molecular weight is 647 g/mol. The van der Waals surface area contributed by atoms with Gasteiger partial charge >= 0.3 is 12.4 Å². The minimum Gasteiger partial charge on any atom is -0.338 e. The molecule has 2 aliphatic heterocycles. The van der Waals surface area contributed by atoms with E-state index in [-0.39, 0.29) is 43.6 Å². The fourth-order valence-electron chi connectivity index (χ4n) is 6.50. The van der Waals surface area contributed by atoms with Gasteiger partial charge in [-0.15, -0.1) is 0 Å². The maximum atomic E-state index is 13.5. The average Bonchev–Trinajstić information content (AvgIpc) is 3.02. The van der Waals surface area contributed by atoms with E-state index in [1.165, 1.54) is 4.90 Å². The van der Waals surface area contributed by atoms with E-state index < -0.39 is 35.0 Å². The SMILES string of the molecule is Cc1cccc(C)c1NC(=O)CN1CCN([C@@H]2CCN(C(=O)c3cc(C(F)(F)F)cc(C(F)(F)F)c3)C[C@@H]2c2ccccc2)CC1. The van der Waals surface area contributed by atoms with Crippen LogP contribution in [-0.4, -0.2) is 78.4 Å². The number of anilines is 1. The Morgan fingerprint density at radius 2 is 1.37 bits per heavy atom. The van der Waals surface area contributed by atoms with Crippen molar-refractivity contribution in [1.29, 1.82) is 0 Å². The van der Waals surface area contributed by atoms with E-state index >= 15 is 0 Å². The van der Waals surface area contributed by atoms with Gasteiger partial charge in [-0.3, -0.25) is 19.4 Å². The van der Waals surface area contributed by atoms with E-state index in [0.29, 0.717) is 44.7 Å². The summed E-state index contributed by atoms with van der Waals surface area (Å²) < 4.78 is 80.9. The molecule has 2 atom stereocenters. The molecule has 2 fully saturated rings. The van der Waals surface area contributed by atoms with Crippen LogP contribution < -0.4 is 5.32 Å². The van der Waals surface area contributed by atoms with E-state index in [0.717, 1.165) is 22.4 Å². The predicted molar refractivity (Wildman–Crippen MR) is 162 cm³/mol. The van der Waals surface area contributed by atoms with Crippen LogP contribution in [0, 0.1) is 13.8 Å². The Morgan fingerprint density at radius 3 is 1.93 bits per heavy atom. The molecule has 1 N–H and O–H groups in total. The van der Waals surface area contributed by atoms with Gasteiger partial charge in [0.2, 0.25) is 5.91 Å². The second kappa shape index (κ2) is 13.4. The summed E-state index contributed by atoms with van der Waals surface area (Å²) in [5.74, 6) is -1.18. The number of benzene rings is 3. The maximum absolute atomic E-state index is 13.5. The number of amides is 2. The van der Waals surface area contributed by atoms with Crippen molar-refractivity contribution in [3.63, 3.8) is 0 Å². The van der Waals surface area contributed by atoms with Crippen LogP contribution in [0.1, 0.15) is 50.5 Å². The van der Waals surface area contributed by atoms with E-state index in [9.17, 15) is 35.9 Å². The molecule has 12 heteroatoms. The van der Waals surface area contributed by atoms with Gasteiger partial charge in [-0.2, -0.15) is 26.3 Å². The van der Waals surface area contributed by atoms with Crippen molar-refractivity contribution in [2.75, 3.05) is 51.1 Å². The molecule has 0 radical (unpaired) electrons. The Labute approximate surface area is 264 Å². The molecule has 0 bridgehead atoms. The number of aryl methyl sites for hydroxylation is 2. The largest absolute Gasteiger partial charge is 0.416 e. The van der Waals surface area contributed by atoms with Crippen LogP contribution in [0.5, 0.6) is 0 Å². The standard InChI is InChI=1S/C34H36F6N4O2/c1-22-7-6-8-23(2)31(22)41-30(45)21-42-13-15-43(16-14-42)29-11-12-44(20-28(29)24-9-4-3-5-10-24)32(46)25-17-26(33(35,36)37)19-27(18-25)34(38,39)40/h3-10,17-19,28-29H,11-16,20-21H2,1-2H3,(H,41,45)/t28-,29-/m1/s1. The van der Waals surface area contributed by atoms with Crippen LogP contribution in [0.15, 0.2) is 66.7 Å². The third-order valence-corrected chi connectivity index (χ3v) is 8.91. The van der Waals surface area contributed by atoms with Gasteiger partial charge in [-0.1, -0.05) is 48.5 Å². The zero-order valence-corrected chi connectivity index (χ0v) is 25.6. The highest BCUT2D eigenvalue weighted by atomic mass is 19.4. The van der Waals surface area contributed by atoms with Crippen molar-refractivity contribution in [2.45, 2.75) is 44.6 Å². The number of likely N-dealkylation sites (tertiary alicyclic amines) is 1. The summed E-state index contributed by atoms with van der Waals surface area (Å²) in [6, 6.07) is 16.3. The first-order chi connectivity index (χ1) is 21.7. The van der Waals surface area contributed by atoms with Crippen LogP contribution in [-0.2, 0) is 17.1 Å². The lowest BCUT2D eigenvalue weighted by molar-refractivity contribution is -0.143. The lowest BCUT2D eigenvalue weighted by Gasteiger charge is -2.47. The minimum absolute atomic E-state index is 0.00992. The third kappa shape index (κ3) is 7.72. The van der Waals surface area contributed by atoms with E-state index in [1.54, 1.807) is 0 Å².